The van der Waals surface area contributed by atoms with Crippen molar-refractivity contribution in [3.8, 4) is 11.5 Å². The summed E-state index contributed by atoms with van der Waals surface area (Å²) in [4.78, 5) is 0. The average molecular weight is 481 g/mol. The van der Waals surface area contributed by atoms with Gasteiger partial charge in [0.25, 0.3) is 0 Å². The number of unbranched alkanes of at least 4 members (excludes halogenated alkanes) is 3. The Kier molecular flexibility index (Phi) is 8.90. The van der Waals surface area contributed by atoms with Crippen molar-refractivity contribution in [3.63, 3.8) is 0 Å². The Morgan fingerprint density at radius 3 is 2.32 bits per heavy atom. The van der Waals surface area contributed by atoms with Crippen molar-refractivity contribution < 1.29 is 35.0 Å². The summed E-state index contributed by atoms with van der Waals surface area (Å²) in [6, 6.07) is 0. The third-order valence-corrected chi connectivity index (χ3v) is 8.11. The second kappa shape index (κ2) is 11.1. The van der Waals surface area contributed by atoms with Crippen LogP contribution >= 0.6 is 0 Å². The van der Waals surface area contributed by atoms with Crippen molar-refractivity contribution >= 4 is 0 Å². The number of aliphatic hydroxyl groups excluding tert-OH is 4. The summed E-state index contributed by atoms with van der Waals surface area (Å²) in [5.74, 6) is 1.05. The highest BCUT2D eigenvalue weighted by Crippen LogP contribution is 2.46. The highest BCUT2D eigenvalue weighted by atomic mass is 16.5. The number of benzene rings is 1. The van der Waals surface area contributed by atoms with Crippen LogP contribution < -0.4 is 4.74 Å². The van der Waals surface area contributed by atoms with E-state index in [-0.39, 0.29) is 5.92 Å². The summed E-state index contributed by atoms with van der Waals surface area (Å²) in [7, 11) is 0. The molecule has 1 aromatic carbocycles. The third kappa shape index (κ3) is 5.39. The van der Waals surface area contributed by atoms with Gasteiger partial charge in [-0.2, -0.15) is 0 Å². The van der Waals surface area contributed by atoms with Gasteiger partial charge in [-0.25, -0.2) is 0 Å². The lowest BCUT2D eigenvalue weighted by atomic mass is 9.76. The molecule has 0 aliphatic carbocycles. The number of ether oxygens (including phenoxy) is 2. The molecule has 0 saturated carbocycles. The van der Waals surface area contributed by atoms with Gasteiger partial charge in [-0.15, -0.1) is 0 Å². The highest BCUT2D eigenvalue weighted by molar-refractivity contribution is 5.58. The van der Waals surface area contributed by atoms with E-state index in [4.69, 9.17) is 9.47 Å². The standard InChI is InChI=1S/C27H44O7/c1-6-7-8-9-10-18(26-24(32)23(31)22(30)20(14-28)33-26)13-27(5)12-11-19-17(4)21(29)15(2)16(3)25(19)34-27/h18,20,22-24,26,28-32H,6-14H2,1-5H3/t18?,20-,22-,23+,24-,26+,27?/m1/s1. The van der Waals surface area contributed by atoms with Gasteiger partial charge in [-0.05, 0) is 76.0 Å². The van der Waals surface area contributed by atoms with Crippen molar-refractivity contribution in [2.75, 3.05) is 6.61 Å². The van der Waals surface area contributed by atoms with Crippen LogP contribution in [0.5, 0.6) is 11.5 Å². The maximum absolute atomic E-state index is 10.8. The summed E-state index contributed by atoms with van der Waals surface area (Å²) < 4.78 is 12.6. The molecule has 2 aliphatic rings. The lowest BCUT2D eigenvalue weighted by Gasteiger charge is -2.46. The molecule has 0 radical (unpaired) electrons. The number of fused-ring (bicyclic) bond motifs is 1. The normalized spacial score (nSPS) is 32.2. The Hall–Kier alpha value is -1.38. The molecule has 0 spiro atoms. The summed E-state index contributed by atoms with van der Waals surface area (Å²) in [6.45, 7) is 9.61. The zero-order valence-corrected chi connectivity index (χ0v) is 21.4. The molecule has 2 unspecified atom stereocenters. The first-order valence-electron chi connectivity index (χ1n) is 12.9. The van der Waals surface area contributed by atoms with E-state index in [1.54, 1.807) is 0 Å². The molecule has 7 atom stereocenters. The molecular formula is C27H44O7. The fourth-order valence-electron chi connectivity index (χ4n) is 5.73. The van der Waals surface area contributed by atoms with Crippen molar-refractivity contribution in [2.24, 2.45) is 5.92 Å². The number of hydrogen-bond donors (Lipinski definition) is 5. The predicted molar refractivity (Wildman–Crippen MR) is 130 cm³/mol. The Bertz CT molecular complexity index is 839. The van der Waals surface area contributed by atoms with E-state index >= 15 is 0 Å². The summed E-state index contributed by atoms with van der Waals surface area (Å²) in [5.41, 5.74) is 3.17. The number of phenolic OH excluding ortho intramolecular Hbond substituents is 1. The predicted octanol–water partition coefficient (Wildman–Crippen LogP) is 3.22. The fourth-order valence-corrected chi connectivity index (χ4v) is 5.73. The van der Waals surface area contributed by atoms with Crippen LogP contribution in [0.2, 0.25) is 0 Å². The smallest absolute Gasteiger partial charge is 0.127 e. The van der Waals surface area contributed by atoms with Crippen LogP contribution in [0.3, 0.4) is 0 Å². The van der Waals surface area contributed by atoms with Crippen molar-refractivity contribution in [1.82, 2.24) is 0 Å². The van der Waals surface area contributed by atoms with Gasteiger partial charge in [0.05, 0.1) is 12.7 Å². The molecule has 1 aromatic rings. The van der Waals surface area contributed by atoms with Crippen LogP contribution in [0.15, 0.2) is 0 Å². The molecular weight excluding hydrogens is 436 g/mol. The van der Waals surface area contributed by atoms with Gasteiger partial charge in [0.15, 0.2) is 0 Å². The van der Waals surface area contributed by atoms with Crippen molar-refractivity contribution in [2.45, 2.75) is 122 Å². The molecule has 34 heavy (non-hydrogen) atoms. The van der Waals surface area contributed by atoms with E-state index in [0.717, 1.165) is 72.9 Å². The van der Waals surface area contributed by atoms with Crippen molar-refractivity contribution in [1.29, 1.82) is 0 Å². The molecule has 194 valence electrons. The molecule has 0 amide bonds. The first-order chi connectivity index (χ1) is 16.0. The minimum atomic E-state index is -1.37. The first kappa shape index (κ1) is 27.2. The Balaban J connectivity index is 1.86. The van der Waals surface area contributed by atoms with Crippen LogP contribution in [0.1, 0.15) is 81.0 Å². The number of aliphatic hydroxyl groups is 4. The molecule has 1 saturated heterocycles. The zero-order valence-electron chi connectivity index (χ0n) is 21.4. The molecule has 2 heterocycles. The molecule has 3 rings (SSSR count). The van der Waals surface area contributed by atoms with Crippen LogP contribution in [0.25, 0.3) is 0 Å². The largest absolute Gasteiger partial charge is 0.507 e. The van der Waals surface area contributed by atoms with Crippen molar-refractivity contribution in [3.05, 3.63) is 22.3 Å². The topological polar surface area (TPSA) is 120 Å². The maximum atomic E-state index is 10.8. The van der Waals surface area contributed by atoms with Crippen LogP contribution in [-0.4, -0.2) is 68.3 Å². The van der Waals surface area contributed by atoms with Crippen LogP contribution in [0.4, 0.5) is 0 Å². The summed E-state index contributed by atoms with van der Waals surface area (Å²) >= 11 is 0. The quantitative estimate of drug-likeness (QED) is 0.344. The lowest BCUT2D eigenvalue weighted by Crippen LogP contribution is -2.61. The van der Waals surface area contributed by atoms with Gasteiger partial charge in [0, 0.05) is 5.56 Å². The van der Waals surface area contributed by atoms with Gasteiger partial charge in [-0.1, -0.05) is 32.6 Å². The second-order valence-electron chi connectivity index (χ2n) is 10.7. The second-order valence-corrected chi connectivity index (χ2v) is 10.7. The third-order valence-electron chi connectivity index (χ3n) is 8.11. The molecule has 1 fully saturated rings. The minimum absolute atomic E-state index is 0.116. The molecule has 7 heteroatoms. The number of phenols is 1. The van der Waals surface area contributed by atoms with Gasteiger partial charge < -0.3 is 35.0 Å². The van der Waals surface area contributed by atoms with E-state index in [0.29, 0.717) is 12.2 Å². The van der Waals surface area contributed by atoms with E-state index in [1.165, 1.54) is 0 Å². The van der Waals surface area contributed by atoms with Gasteiger partial charge in [0.1, 0.15) is 41.5 Å². The van der Waals surface area contributed by atoms with E-state index in [9.17, 15) is 25.5 Å². The number of rotatable bonds is 9. The monoisotopic (exact) mass is 480 g/mol. The Labute approximate surface area is 203 Å². The zero-order chi connectivity index (χ0) is 25.2. The van der Waals surface area contributed by atoms with Gasteiger partial charge >= 0.3 is 0 Å². The maximum Gasteiger partial charge on any atom is 0.127 e. The summed E-state index contributed by atoms with van der Waals surface area (Å²) in [6.07, 6.45) is 1.65. The minimum Gasteiger partial charge on any atom is -0.507 e. The SMILES string of the molecule is CCCCCCC(CC1(C)CCc2c(C)c(O)c(C)c(C)c2O1)[C@@H]1O[C@H](CO)[C@@H](O)[C@H](O)[C@H]1O. The first-order valence-corrected chi connectivity index (χ1v) is 12.9. The average Bonchev–Trinajstić information content (AvgIpc) is 2.82. The Morgan fingerprint density at radius 2 is 1.68 bits per heavy atom. The molecule has 0 bridgehead atoms. The van der Waals surface area contributed by atoms with E-state index in [2.05, 4.69) is 13.8 Å². The fraction of sp³-hybridized carbons (Fsp3) is 0.778. The summed E-state index contributed by atoms with van der Waals surface area (Å²) in [5, 5.41) is 51.6. The van der Waals surface area contributed by atoms with Crippen LogP contribution in [0, 0.1) is 26.7 Å². The van der Waals surface area contributed by atoms with Gasteiger partial charge in [-0.3, -0.25) is 0 Å². The number of aromatic hydroxyl groups is 1. The molecule has 0 aromatic heterocycles. The molecule has 7 nitrogen and oxygen atoms in total. The number of hydrogen-bond acceptors (Lipinski definition) is 7. The Morgan fingerprint density at radius 1 is 0.971 bits per heavy atom. The van der Waals surface area contributed by atoms with Crippen LogP contribution in [-0.2, 0) is 11.2 Å². The molecule has 5 N–H and O–H groups in total. The molecule has 2 aliphatic heterocycles. The van der Waals surface area contributed by atoms with E-state index in [1.807, 2.05) is 20.8 Å². The highest BCUT2D eigenvalue weighted by Gasteiger charge is 2.48. The van der Waals surface area contributed by atoms with Gasteiger partial charge in [0.2, 0.25) is 0 Å². The van der Waals surface area contributed by atoms with E-state index < -0.39 is 42.7 Å². The lowest BCUT2D eigenvalue weighted by molar-refractivity contribution is -0.244.